The Morgan fingerprint density at radius 3 is 2.31 bits per heavy atom. The molecule has 5 heteroatoms. The van der Waals surface area contributed by atoms with E-state index in [0.29, 0.717) is 18.8 Å². The molecule has 1 saturated heterocycles. The van der Waals surface area contributed by atoms with Crippen molar-refractivity contribution in [1.82, 2.24) is 4.57 Å². The van der Waals surface area contributed by atoms with Crippen LogP contribution in [0, 0.1) is 0 Å². The van der Waals surface area contributed by atoms with Crippen molar-refractivity contribution in [2.45, 2.75) is 0 Å². The molecular formula is C21H21N3O2. The molecule has 1 aromatic heterocycles. The quantitative estimate of drug-likeness (QED) is 0.785. The van der Waals surface area contributed by atoms with Gasteiger partial charge in [0.05, 0.1) is 24.6 Å². The molecule has 0 spiro atoms. The van der Waals surface area contributed by atoms with Crippen molar-refractivity contribution in [3.05, 3.63) is 78.6 Å². The van der Waals surface area contributed by atoms with Gasteiger partial charge in [0.2, 0.25) is 0 Å². The van der Waals surface area contributed by atoms with Gasteiger partial charge in [0, 0.05) is 36.7 Å². The van der Waals surface area contributed by atoms with Gasteiger partial charge in [-0.3, -0.25) is 4.79 Å². The number of para-hydroxylation sites is 2. The zero-order valence-corrected chi connectivity index (χ0v) is 14.5. The summed E-state index contributed by atoms with van der Waals surface area (Å²) < 4.78 is 7.43. The van der Waals surface area contributed by atoms with Crippen LogP contribution in [0.2, 0.25) is 0 Å². The van der Waals surface area contributed by atoms with E-state index >= 15 is 0 Å². The predicted molar refractivity (Wildman–Crippen MR) is 103 cm³/mol. The maximum Gasteiger partial charge on any atom is 0.255 e. The van der Waals surface area contributed by atoms with Crippen molar-refractivity contribution in [3.63, 3.8) is 0 Å². The number of rotatable bonds is 4. The Bertz CT molecular complexity index is 867. The van der Waals surface area contributed by atoms with E-state index in [1.807, 2.05) is 77.6 Å². The molecule has 0 radical (unpaired) electrons. The third-order valence-corrected chi connectivity index (χ3v) is 4.54. The minimum atomic E-state index is -0.107. The number of morpholine rings is 1. The second kappa shape index (κ2) is 7.45. The Morgan fingerprint density at radius 1 is 0.885 bits per heavy atom. The first-order valence-corrected chi connectivity index (χ1v) is 8.78. The maximum absolute atomic E-state index is 12.7. The first-order chi connectivity index (χ1) is 12.8. The van der Waals surface area contributed by atoms with Crippen molar-refractivity contribution in [2.75, 3.05) is 36.5 Å². The Morgan fingerprint density at radius 2 is 1.58 bits per heavy atom. The van der Waals surface area contributed by atoms with E-state index in [1.165, 1.54) is 0 Å². The van der Waals surface area contributed by atoms with Crippen LogP contribution < -0.4 is 10.2 Å². The molecule has 1 fully saturated rings. The van der Waals surface area contributed by atoms with Gasteiger partial charge in [-0.05, 0) is 48.5 Å². The van der Waals surface area contributed by atoms with E-state index < -0.39 is 0 Å². The highest BCUT2D eigenvalue weighted by Gasteiger charge is 2.16. The molecule has 1 N–H and O–H groups in total. The molecule has 2 heterocycles. The smallest absolute Gasteiger partial charge is 0.255 e. The molecule has 1 aliphatic heterocycles. The number of benzene rings is 2. The summed E-state index contributed by atoms with van der Waals surface area (Å²) >= 11 is 0. The van der Waals surface area contributed by atoms with Gasteiger partial charge in [-0.25, -0.2) is 0 Å². The number of nitrogens with one attached hydrogen (secondary N) is 1. The first-order valence-electron chi connectivity index (χ1n) is 8.78. The zero-order chi connectivity index (χ0) is 17.8. The summed E-state index contributed by atoms with van der Waals surface area (Å²) in [7, 11) is 0. The molecule has 4 rings (SSSR count). The molecule has 0 aliphatic carbocycles. The van der Waals surface area contributed by atoms with Gasteiger partial charge in [0.25, 0.3) is 5.91 Å². The van der Waals surface area contributed by atoms with Crippen molar-refractivity contribution in [3.8, 4) is 5.69 Å². The van der Waals surface area contributed by atoms with E-state index in [4.69, 9.17) is 4.74 Å². The number of ether oxygens (including phenoxy) is 1. The van der Waals surface area contributed by atoms with Crippen LogP contribution in [-0.4, -0.2) is 36.8 Å². The van der Waals surface area contributed by atoms with E-state index in [-0.39, 0.29) is 5.91 Å². The molecular weight excluding hydrogens is 326 g/mol. The Balaban J connectivity index is 1.51. The molecule has 132 valence electrons. The fraction of sp³-hybridized carbons (Fsp3) is 0.190. The second-order valence-corrected chi connectivity index (χ2v) is 6.21. The lowest BCUT2D eigenvalue weighted by atomic mass is 10.1. The van der Waals surface area contributed by atoms with E-state index in [2.05, 4.69) is 10.2 Å². The number of carbonyl (C=O) groups is 1. The van der Waals surface area contributed by atoms with Crippen LogP contribution in [0.3, 0.4) is 0 Å². The highest BCUT2D eigenvalue weighted by molar-refractivity contribution is 6.06. The third-order valence-electron chi connectivity index (χ3n) is 4.54. The van der Waals surface area contributed by atoms with Crippen LogP contribution in [0.15, 0.2) is 73.1 Å². The Kier molecular flexibility index (Phi) is 4.71. The molecule has 3 aromatic rings. The summed E-state index contributed by atoms with van der Waals surface area (Å²) in [6, 6.07) is 19.5. The van der Waals surface area contributed by atoms with E-state index in [0.717, 1.165) is 30.2 Å². The van der Waals surface area contributed by atoms with Crippen LogP contribution in [0.5, 0.6) is 0 Å². The average Bonchev–Trinajstić information content (AvgIpc) is 3.24. The lowest BCUT2D eigenvalue weighted by Gasteiger charge is -2.30. The monoisotopic (exact) mass is 347 g/mol. The van der Waals surface area contributed by atoms with Gasteiger partial charge in [-0.15, -0.1) is 0 Å². The number of anilines is 2. The fourth-order valence-corrected chi connectivity index (χ4v) is 3.15. The predicted octanol–water partition coefficient (Wildman–Crippen LogP) is 3.57. The number of nitrogens with zero attached hydrogens (tertiary/aromatic N) is 2. The Hall–Kier alpha value is -3.05. The highest BCUT2D eigenvalue weighted by Crippen LogP contribution is 2.27. The Labute approximate surface area is 152 Å². The summed E-state index contributed by atoms with van der Waals surface area (Å²) in [6.45, 7) is 3.09. The lowest BCUT2D eigenvalue weighted by Crippen LogP contribution is -2.36. The standard InChI is InChI=1S/C21H21N3O2/c25-21(17-7-9-18(10-8-17)23-11-3-4-12-23)22-19-5-1-2-6-20(19)24-13-15-26-16-14-24/h1-12H,13-16H2,(H,22,25). The normalized spacial score (nSPS) is 14.2. The molecule has 26 heavy (non-hydrogen) atoms. The molecule has 0 unspecified atom stereocenters. The molecule has 0 bridgehead atoms. The van der Waals surface area contributed by atoms with E-state index in [9.17, 15) is 4.79 Å². The van der Waals surface area contributed by atoms with Crippen LogP contribution >= 0.6 is 0 Å². The average molecular weight is 347 g/mol. The topological polar surface area (TPSA) is 46.5 Å². The minimum Gasteiger partial charge on any atom is -0.378 e. The summed E-state index contributed by atoms with van der Waals surface area (Å²) in [5.74, 6) is -0.107. The summed E-state index contributed by atoms with van der Waals surface area (Å²) in [4.78, 5) is 14.9. The number of amides is 1. The van der Waals surface area contributed by atoms with Gasteiger partial charge in [0.1, 0.15) is 0 Å². The molecule has 1 aliphatic rings. The largest absolute Gasteiger partial charge is 0.378 e. The fourth-order valence-electron chi connectivity index (χ4n) is 3.15. The van der Waals surface area contributed by atoms with Crippen molar-refractivity contribution in [1.29, 1.82) is 0 Å². The second-order valence-electron chi connectivity index (χ2n) is 6.21. The zero-order valence-electron chi connectivity index (χ0n) is 14.5. The van der Waals surface area contributed by atoms with Crippen LogP contribution in [0.4, 0.5) is 11.4 Å². The van der Waals surface area contributed by atoms with Crippen molar-refractivity contribution < 1.29 is 9.53 Å². The van der Waals surface area contributed by atoms with Gasteiger partial charge >= 0.3 is 0 Å². The van der Waals surface area contributed by atoms with Crippen molar-refractivity contribution in [2.24, 2.45) is 0 Å². The van der Waals surface area contributed by atoms with Gasteiger partial charge in [-0.1, -0.05) is 12.1 Å². The molecule has 0 atom stereocenters. The maximum atomic E-state index is 12.7. The number of carbonyl (C=O) groups excluding carboxylic acids is 1. The van der Waals surface area contributed by atoms with Crippen molar-refractivity contribution >= 4 is 17.3 Å². The molecule has 0 saturated carbocycles. The first kappa shape index (κ1) is 16.4. The highest BCUT2D eigenvalue weighted by atomic mass is 16.5. The summed E-state index contributed by atoms with van der Waals surface area (Å²) in [5, 5.41) is 3.05. The van der Waals surface area contributed by atoms with E-state index in [1.54, 1.807) is 0 Å². The number of hydrogen-bond acceptors (Lipinski definition) is 3. The number of hydrogen-bond donors (Lipinski definition) is 1. The summed E-state index contributed by atoms with van der Waals surface area (Å²) in [5.41, 5.74) is 3.53. The minimum absolute atomic E-state index is 0.107. The summed E-state index contributed by atoms with van der Waals surface area (Å²) in [6.07, 6.45) is 3.96. The van der Waals surface area contributed by atoms with Gasteiger partial charge in [0.15, 0.2) is 0 Å². The lowest BCUT2D eigenvalue weighted by molar-refractivity contribution is 0.102. The van der Waals surface area contributed by atoms with Crippen LogP contribution in [-0.2, 0) is 4.74 Å². The van der Waals surface area contributed by atoms with Gasteiger partial charge in [-0.2, -0.15) is 0 Å². The third kappa shape index (κ3) is 3.48. The van der Waals surface area contributed by atoms with Gasteiger partial charge < -0.3 is 19.5 Å². The molecule has 2 aromatic carbocycles. The molecule has 1 amide bonds. The molecule has 5 nitrogen and oxygen atoms in total. The van der Waals surface area contributed by atoms with Crippen LogP contribution in [0.25, 0.3) is 5.69 Å². The van der Waals surface area contributed by atoms with Crippen LogP contribution in [0.1, 0.15) is 10.4 Å². The SMILES string of the molecule is O=C(Nc1ccccc1N1CCOCC1)c1ccc(-n2cccc2)cc1. The number of aromatic nitrogens is 1.